The number of nitrogens with zero attached hydrogens (tertiary/aromatic N) is 1. The van der Waals surface area contributed by atoms with Crippen molar-refractivity contribution in [3.63, 3.8) is 0 Å². The minimum Gasteiger partial charge on any atom is -0.325 e. The lowest BCUT2D eigenvalue weighted by atomic mass is 10.3. The number of thioether (sulfide) groups is 1. The van der Waals surface area contributed by atoms with Gasteiger partial charge in [-0.2, -0.15) is 0 Å². The molecule has 0 radical (unpaired) electrons. The van der Waals surface area contributed by atoms with Crippen LogP contribution in [0.1, 0.15) is 0 Å². The van der Waals surface area contributed by atoms with E-state index in [0.717, 1.165) is 10.6 Å². The van der Waals surface area contributed by atoms with Gasteiger partial charge in [0.25, 0.3) is 0 Å². The van der Waals surface area contributed by atoms with Crippen LogP contribution >= 0.6 is 23.4 Å². The molecule has 92 valence electrons. The quantitative estimate of drug-likeness (QED) is 0.871. The standard InChI is InChI=1S/C13H11ClN2OS/c14-10-1-3-11(4-2-10)16-13(17)9-18-12-5-7-15-8-6-12/h1-8H,9H2,(H,16,17). The highest BCUT2D eigenvalue weighted by molar-refractivity contribution is 8.00. The van der Waals surface area contributed by atoms with E-state index in [9.17, 15) is 4.79 Å². The topological polar surface area (TPSA) is 42.0 Å². The number of benzene rings is 1. The largest absolute Gasteiger partial charge is 0.325 e. The molecule has 1 N–H and O–H groups in total. The molecule has 3 nitrogen and oxygen atoms in total. The Labute approximate surface area is 115 Å². The van der Waals surface area contributed by atoms with Crippen molar-refractivity contribution >= 4 is 35.0 Å². The number of hydrogen-bond acceptors (Lipinski definition) is 3. The van der Waals surface area contributed by atoms with Crippen LogP contribution in [0.15, 0.2) is 53.7 Å². The van der Waals surface area contributed by atoms with Crippen LogP contribution in [0.5, 0.6) is 0 Å². The van der Waals surface area contributed by atoms with Crippen molar-refractivity contribution < 1.29 is 4.79 Å². The first-order valence-corrected chi connectivity index (χ1v) is 6.68. The van der Waals surface area contributed by atoms with E-state index in [1.165, 1.54) is 11.8 Å². The highest BCUT2D eigenvalue weighted by atomic mass is 35.5. The highest BCUT2D eigenvalue weighted by Gasteiger charge is 2.03. The zero-order valence-corrected chi connectivity index (χ0v) is 11.0. The Hall–Kier alpha value is -1.52. The average Bonchev–Trinajstić information content (AvgIpc) is 2.40. The molecule has 1 amide bonds. The van der Waals surface area contributed by atoms with Crippen molar-refractivity contribution in [3.8, 4) is 0 Å². The first-order valence-electron chi connectivity index (χ1n) is 5.32. The Balaban J connectivity index is 1.84. The second-order valence-corrected chi connectivity index (χ2v) is 5.01. The lowest BCUT2D eigenvalue weighted by molar-refractivity contribution is -0.113. The van der Waals surface area contributed by atoms with Gasteiger partial charge in [-0.15, -0.1) is 11.8 Å². The zero-order valence-electron chi connectivity index (χ0n) is 9.47. The summed E-state index contributed by atoms with van der Waals surface area (Å²) in [6.07, 6.45) is 3.42. The van der Waals surface area contributed by atoms with E-state index >= 15 is 0 Å². The maximum atomic E-state index is 11.7. The molecule has 0 saturated carbocycles. The van der Waals surface area contributed by atoms with E-state index in [-0.39, 0.29) is 5.91 Å². The number of aromatic nitrogens is 1. The molecule has 0 spiro atoms. The Morgan fingerprint density at radius 2 is 1.83 bits per heavy atom. The fourth-order valence-corrected chi connectivity index (χ4v) is 2.12. The van der Waals surface area contributed by atoms with E-state index in [4.69, 9.17) is 11.6 Å². The molecule has 5 heteroatoms. The second kappa shape index (κ2) is 6.42. The number of anilines is 1. The summed E-state index contributed by atoms with van der Waals surface area (Å²) in [5, 5.41) is 3.46. The number of carbonyl (C=O) groups is 1. The van der Waals surface area contributed by atoms with Gasteiger partial charge in [0, 0.05) is 28.0 Å². The van der Waals surface area contributed by atoms with Crippen molar-refractivity contribution in [1.29, 1.82) is 0 Å². The SMILES string of the molecule is O=C(CSc1ccncc1)Nc1ccc(Cl)cc1. The van der Waals surface area contributed by atoms with Crippen LogP contribution < -0.4 is 5.32 Å². The predicted octanol–water partition coefficient (Wildman–Crippen LogP) is 3.47. The third kappa shape index (κ3) is 4.05. The van der Waals surface area contributed by atoms with E-state index in [1.807, 2.05) is 12.1 Å². The minimum absolute atomic E-state index is 0.0425. The molecule has 18 heavy (non-hydrogen) atoms. The number of hydrogen-bond donors (Lipinski definition) is 1. The Bertz CT molecular complexity index is 516. The van der Waals surface area contributed by atoms with Gasteiger partial charge in [-0.1, -0.05) is 11.6 Å². The Morgan fingerprint density at radius 1 is 1.17 bits per heavy atom. The second-order valence-electron chi connectivity index (χ2n) is 3.53. The molecule has 0 bridgehead atoms. The first-order chi connectivity index (χ1) is 8.74. The van der Waals surface area contributed by atoms with Gasteiger partial charge in [0.1, 0.15) is 0 Å². The van der Waals surface area contributed by atoms with E-state index in [1.54, 1.807) is 36.7 Å². The molecular formula is C13H11ClN2OS. The van der Waals surface area contributed by atoms with Gasteiger partial charge in [0.15, 0.2) is 0 Å². The highest BCUT2D eigenvalue weighted by Crippen LogP contribution is 2.17. The summed E-state index contributed by atoms with van der Waals surface area (Å²) in [5.74, 6) is 0.325. The van der Waals surface area contributed by atoms with Crippen LogP contribution in [0.3, 0.4) is 0 Å². The minimum atomic E-state index is -0.0425. The summed E-state index contributed by atoms with van der Waals surface area (Å²) in [5.41, 5.74) is 0.750. The van der Waals surface area contributed by atoms with Crippen molar-refractivity contribution in [3.05, 3.63) is 53.8 Å². The Morgan fingerprint density at radius 3 is 2.50 bits per heavy atom. The predicted molar refractivity (Wildman–Crippen MR) is 75.0 cm³/mol. The smallest absolute Gasteiger partial charge is 0.234 e. The van der Waals surface area contributed by atoms with Crippen LogP contribution in [0.25, 0.3) is 0 Å². The number of amides is 1. The summed E-state index contributed by atoms with van der Waals surface area (Å²) in [6.45, 7) is 0. The number of nitrogens with one attached hydrogen (secondary N) is 1. The number of rotatable bonds is 4. The molecule has 2 aromatic rings. The van der Waals surface area contributed by atoms with Crippen LogP contribution in [0.4, 0.5) is 5.69 Å². The van der Waals surface area contributed by atoms with E-state index < -0.39 is 0 Å². The molecule has 1 heterocycles. The van der Waals surface area contributed by atoms with Gasteiger partial charge in [-0.25, -0.2) is 0 Å². The van der Waals surface area contributed by atoms with Crippen molar-refractivity contribution in [2.24, 2.45) is 0 Å². The van der Waals surface area contributed by atoms with Gasteiger partial charge in [0.05, 0.1) is 5.75 Å². The fourth-order valence-electron chi connectivity index (χ4n) is 1.31. The van der Waals surface area contributed by atoms with Gasteiger partial charge in [0.2, 0.25) is 5.91 Å². The lowest BCUT2D eigenvalue weighted by Crippen LogP contribution is -2.13. The third-order valence-electron chi connectivity index (χ3n) is 2.15. The van der Waals surface area contributed by atoms with Crippen LogP contribution in [-0.4, -0.2) is 16.6 Å². The molecule has 0 atom stereocenters. The van der Waals surface area contributed by atoms with Gasteiger partial charge in [-0.05, 0) is 36.4 Å². The maximum Gasteiger partial charge on any atom is 0.234 e. The molecule has 0 unspecified atom stereocenters. The summed E-state index contributed by atoms with van der Waals surface area (Å²) in [4.78, 5) is 16.6. The number of carbonyl (C=O) groups excluding carboxylic acids is 1. The fraction of sp³-hybridized carbons (Fsp3) is 0.0769. The van der Waals surface area contributed by atoms with Crippen molar-refractivity contribution in [1.82, 2.24) is 4.98 Å². The van der Waals surface area contributed by atoms with Crippen molar-refractivity contribution in [2.45, 2.75) is 4.90 Å². The number of pyridine rings is 1. The maximum absolute atomic E-state index is 11.7. The zero-order chi connectivity index (χ0) is 12.8. The molecule has 1 aromatic carbocycles. The van der Waals surface area contributed by atoms with E-state index in [2.05, 4.69) is 10.3 Å². The normalized spacial score (nSPS) is 10.1. The van der Waals surface area contributed by atoms with E-state index in [0.29, 0.717) is 10.8 Å². The number of halogens is 1. The van der Waals surface area contributed by atoms with Crippen LogP contribution in [-0.2, 0) is 4.79 Å². The monoisotopic (exact) mass is 278 g/mol. The Kier molecular flexibility index (Phi) is 4.61. The molecular weight excluding hydrogens is 268 g/mol. The van der Waals surface area contributed by atoms with Gasteiger partial charge >= 0.3 is 0 Å². The van der Waals surface area contributed by atoms with Crippen LogP contribution in [0.2, 0.25) is 5.02 Å². The molecule has 0 aliphatic rings. The first kappa shape index (κ1) is 12.9. The van der Waals surface area contributed by atoms with Crippen molar-refractivity contribution in [2.75, 3.05) is 11.1 Å². The molecule has 0 saturated heterocycles. The molecule has 2 rings (SSSR count). The summed E-state index contributed by atoms with van der Waals surface area (Å²) < 4.78 is 0. The molecule has 0 aliphatic heterocycles. The average molecular weight is 279 g/mol. The summed E-state index contributed by atoms with van der Waals surface area (Å²) >= 11 is 7.24. The summed E-state index contributed by atoms with van der Waals surface area (Å²) in [7, 11) is 0. The van der Waals surface area contributed by atoms with Gasteiger partial charge < -0.3 is 5.32 Å². The molecule has 0 fully saturated rings. The lowest BCUT2D eigenvalue weighted by Gasteiger charge is -2.05. The van der Waals surface area contributed by atoms with Gasteiger partial charge in [-0.3, -0.25) is 9.78 Å². The molecule has 0 aliphatic carbocycles. The van der Waals surface area contributed by atoms with Crippen LogP contribution in [0, 0.1) is 0 Å². The third-order valence-corrected chi connectivity index (χ3v) is 3.41. The summed E-state index contributed by atoms with van der Waals surface area (Å²) in [6, 6.07) is 10.8. The molecule has 1 aromatic heterocycles.